The van der Waals surface area contributed by atoms with Gasteiger partial charge in [0.1, 0.15) is 5.82 Å². The van der Waals surface area contributed by atoms with E-state index in [4.69, 9.17) is 5.73 Å². The first-order valence-corrected chi connectivity index (χ1v) is 5.99. The van der Waals surface area contributed by atoms with Crippen molar-refractivity contribution in [1.29, 1.82) is 0 Å². The third kappa shape index (κ3) is 2.12. The van der Waals surface area contributed by atoms with Gasteiger partial charge < -0.3 is 5.73 Å². The molecule has 0 bridgehead atoms. The van der Waals surface area contributed by atoms with Crippen LogP contribution >= 0.6 is 0 Å². The summed E-state index contributed by atoms with van der Waals surface area (Å²) in [5, 5.41) is 4.47. The van der Waals surface area contributed by atoms with Gasteiger partial charge in [0.2, 0.25) is 0 Å². The lowest BCUT2D eigenvalue weighted by molar-refractivity contribution is 0.241. The van der Waals surface area contributed by atoms with E-state index in [0.29, 0.717) is 0 Å². The molecule has 0 amide bonds. The predicted octanol–water partition coefficient (Wildman–Crippen LogP) is 1.54. The van der Waals surface area contributed by atoms with E-state index < -0.39 is 0 Å². The Morgan fingerprint density at radius 3 is 2.38 bits per heavy atom. The Balaban J connectivity index is 2.19. The minimum Gasteiger partial charge on any atom is -0.325 e. The lowest BCUT2D eigenvalue weighted by Crippen LogP contribution is -2.48. The Labute approximate surface area is 97.2 Å². The van der Waals surface area contributed by atoms with E-state index >= 15 is 0 Å². The van der Waals surface area contributed by atoms with Crippen molar-refractivity contribution in [2.75, 3.05) is 0 Å². The zero-order valence-electron chi connectivity index (χ0n) is 10.7. The fourth-order valence-corrected chi connectivity index (χ4v) is 2.01. The second-order valence-electron chi connectivity index (χ2n) is 6.12. The van der Waals surface area contributed by atoms with Crippen LogP contribution in [0.5, 0.6) is 0 Å². The van der Waals surface area contributed by atoms with Gasteiger partial charge in [-0.15, -0.1) is 0 Å². The third-order valence-corrected chi connectivity index (χ3v) is 3.38. The number of rotatable bonds is 2. The maximum absolute atomic E-state index is 6.24. The first kappa shape index (κ1) is 11.6. The molecule has 0 aromatic carbocycles. The highest BCUT2D eigenvalue weighted by Gasteiger charge is 2.34. The minimum absolute atomic E-state index is 0.0113. The molecule has 1 aliphatic carbocycles. The summed E-state index contributed by atoms with van der Waals surface area (Å²) in [6, 6.07) is 0. The molecule has 0 spiro atoms. The Morgan fingerprint density at radius 2 is 2.00 bits per heavy atom. The van der Waals surface area contributed by atoms with Crippen molar-refractivity contribution >= 4 is 0 Å². The molecule has 16 heavy (non-hydrogen) atoms. The summed E-state index contributed by atoms with van der Waals surface area (Å²) >= 11 is 0. The van der Waals surface area contributed by atoms with Crippen LogP contribution < -0.4 is 5.73 Å². The Bertz CT molecular complexity index is 382. The van der Waals surface area contributed by atoms with Gasteiger partial charge in [0, 0.05) is 24.4 Å². The molecule has 2 rings (SSSR count). The first-order chi connectivity index (χ1) is 7.30. The van der Waals surface area contributed by atoms with Crippen molar-refractivity contribution in [3.05, 3.63) is 11.6 Å². The van der Waals surface area contributed by atoms with Crippen LogP contribution in [-0.4, -0.2) is 20.3 Å². The Kier molecular flexibility index (Phi) is 2.57. The van der Waals surface area contributed by atoms with Gasteiger partial charge in [-0.3, -0.25) is 4.68 Å². The standard InChI is InChI=1S/C12H22N4/c1-11(2,3)10-14-9(16(4)15-10)8-12(13)6-5-7-12/h5-8,13H2,1-4H3. The van der Waals surface area contributed by atoms with Gasteiger partial charge in [-0.25, -0.2) is 4.98 Å². The second kappa shape index (κ2) is 3.55. The smallest absolute Gasteiger partial charge is 0.156 e. The average molecular weight is 222 g/mol. The minimum atomic E-state index is -0.0179. The van der Waals surface area contributed by atoms with Gasteiger partial charge in [-0.1, -0.05) is 20.8 Å². The normalized spacial score (nSPS) is 19.6. The molecule has 0 saturated heterocycles. The average Bonchev–Trinajstić information content (AvgIpc) is 2.44. The van der Waals surface area contributed by atoms with Crippen LogP contribution in [-0.2, 0) is 18.9 Å². The molecule has 1 heterocycles. The first-order valence-electron chi connectivity index (χ1n) is 5.99. The summed E-state index contributed by atoms with van der Waals surface area (Å²) in [4.78, 5) is 4.62. The molecule has 1 aliphatic rings. The SMILES string of the molecule is Cn1nc(C(C)(C)C)nc1CC1(N)CCC1. The summed E-state index contributed by atoms with van der Waals surface area (Å²) < 4.78 is 1.88. The van der Waals surface area contributed by atoms with Gasteiger partial charge in [0.25, 0.3) is 0 Å². The Morgan fingerprint density at radius 1 is 1.38 bits per heavy atom. The topological polar surface area (TPSA) is 56.7 Å². The zero-order valence-corrected chi connectivity index (χ0v) is 10.7. The molecule has 1 saturated carbocycles. The van der Waals surface area contributed by atoms with E-state index in [1.54, 1.807) is 0 Å². The van der Waals surface area contributed by atoms with Crippen LogP contribution in [0.2, 0.25) is 0 Å². The molecule has 90 valence electrons. The zero-order chi connectivity index (χ0) is 12.0. The van der Waals surface area contributed by atoms with Crippen molar-refractivity contribution in [2.24, 2.45) is 12.8 Å². The number of hydrogen-bond acceptors (Lipinski definition) is 3. The lowest BCUT2D eigenvalue weighted by Gasteiger charge is -2.37. The van der Waals surface area contributed by atoms with E-state index in [9.17, 15) is 0 Å². The highest BCUT2D eigenvalue weighted by Crippen LogP contribution is 2.32. The molecule has 4 heteroatoms. The largest absolute Gasteiger partial charge is 0.325 e. The molecule has 0 unspecified atom stereocenters. The van der Waals surface area contributed by atoms with Gasteiger partial charge >= 0.3 is 0 Å². The van der Waals surface area contributed by atoms with Crippen LogP contribution in [0, 0.1) is 0 Å². The molecule has 1 aromatic heterocycles. The van der Waals surface area contributed by atoms with Crippen LogP contribution in [0.15, 0.2) is 0 Å². The molecule has 0 atom stereocenters. The quantitative estimate of drug-likeness (QED) is 0.825. The fourth-order valence-electron chi connectivity index (χ4n) is 2.01. The molecule has 4 nitrogen and oxygen atoms in total. The summed E-state index contributed by atoms with van der Waals surface area (Å²) in [6.45, 7) is 6.40. The molecule has 2 N–H and O–H groups in total. The van der Waals surface area contributed by atoms with Gasteiger partial charge in [0.15, 0.2) is 5.82 Å². The number of hydrogen-bond donors (Lipinski definition) is 1. The van der Waals surface area contributed by atoms with E-state index in [0.717, 1.165) is 30.9 Å². The maximum atomic E-state index is 6.24. The van der Waals surface area contributed by atoms with Crippen LogP contribution in [0.3, 0.4) is 0 Å². The van der Waals surface area contributed by atoms with E-state index in [1.165, 1.54) is 6.42 Å². The summed E-state index contributed by atoms with van der Waals surface area (Å²) in [7, 11) is 1.96. The summed E-state index contributed by atoms with van der Waals surface area (Å²) in [6.07, 6.45) is 4.34. The molecule has 0 radical (unpaired) electrons. The third-order valence-electron chi connectivity index (χ3n) is 3.38. The van der Waals surface area contributed by atoms with Crippen LogP contribution in [0.25, 0.3) is 0 Å². The van der Waals surface area contributed by atoms with Gasteiger partial charge in [-0.05, 0) is 19.3 Å². The van der Waals surface area contributed by atoms with Crippen molar-refractivity contribution in [3.63, 3.8) is 0 Å². The second-order valence-corrected chi connectivity index (χ2v) is 6.12. The maximum Gasteiger partial charge on any atom is 0.156 e. The van der Waals surface area contributed by atoms with E-state index in [-0.39, 0.29) is 11.0 Å². The number of nitrogens with zero attached hydrogens (tertiary/aromatic N) is 3. The van der Waals surface area contributed by atoms with E-state index in [1.807, 2.05) is 11.7 Å². The van der Waals surface area contributed by atoms with E-state index in [2.05, 4.69) is 30.9 Å². The highest BCUT2D eigenvalue weighted by atomic mass is 15.3. The lowest BCUT2D eigenvalue weighted by atomic mass is 9.75. The highest BCUT2D eigenvalue weighted by molar-refractivity contribution is 5.08. The molecular formula is C12H22N4. The molecular weight excluding hydrogens is 200 g/mol. The van der Waals surface area contributed by atoms with Crippen molar-refractivity contribution < 1.29 is 0 Å². The fraction of sp³-hybridized carbons (Fsp3) is 0.833. The van der Waals surface area contributed by atoms with Crippen molar-refractivity contribution in [3.8, 4) is 0 Å². The summed E-state index contributed by atoms with van der Waals surface area (Å²) in [5.41, 5.74) is 6.23. The molecule has 1 aromatic rings. The van der Waals surface area contributed by atoms with Crippen molar-refractivity contribution in [2.45, 2.75) is 57.4 Å². The van der Waals surface area contributed by atoms with Crippen molar-refractivity contribution in [1.82, 2.24) is 14.8 Å². The number of aryl methyl sites for hydroxylation is 1. The predicted molar refractivity (Wildman–Crippen MR) is 64.2 cm³/mol. The monoisotopic (exact) mass is 222 g/mol. The van der Waals surface area contributed by atoms with Crippen LogP contribution in [0.1, 0.15) is 51.7 Å². The molecule has 0 aliphatic heterocycles. The van der Waals surface area contributed by atoms with Gasteiger partial charge in [-0.2, -0.15) is 5.10 Å². The van der Waals surface area contributed by atoms with Gasteiger partial charge in [0.05, 0.1) is 0 Å². The number of aromatic nitrogens is 3. The molecule has 1 fully saturated rings. The summed E-state index contributed by atoms with van der Waals surface area (Å²) in [5.74, 6) is 1.93. The Hall–Kier alpha value is -0.900. The number of nitrogens with two attached hydrogens (primary N) is 1. The van der Waals surface area contributed by atoms with Crippen LogP contribution in [0.4, 0.5) is 0 Å².